The molecule has 0 atom stereocenters. The van der Waals surface area contributed by atoms with Crippen molar-refractivity contribution in [2.45, 2.75) is 38.2 Å². The Balaban J connectivity index is 2.18. The Morgan fingerprint density at radius 2 is 1.52 bits per heavy atom. The molecule has 8 nitrogen and oxygen atoms in total. The fraction of sp³-hybridized carbons (Fsp3) is 0.417. The van der Waals surface area contributed by atoms with Crippen LogP contribution in [0.4, 0.5) is 5.69 Å². The Kier molecular flexibility index (Phi) is 8.63. The number of likely N-dealkylation sites (N-methyl/N-ethyl adjacent to an activating group) is 1. The Bertz CT molecular complexity index is 1060. The fourth-order valence-electron chi connectivity index (χ4n) is 2.90. The van der Waals surface area contributed by atoms with Crippen LogP contribution in [0.15, 0.2) is 53.4 Å². The van der Waals surface area contributed by atoms with Gasteiger partial charge in [0.15, 0.2) is 0 Å². The van der Waals surface area contributed by atoms with Gasteiger partial charge in [0.2, 0.25) is 0 Å². The molecule has 0 saturated carbocycles. The summed E-state index contributed by atoms with van der Waals surface area (Å²) in [6, 6.07) is 12.6. The predicted molar refractivity (Wildman–Crippen MR) is 129 cm³/mol. The number of hydrogen-bond donors (Lipinski definition) is 1. The van der Waals surface area contributed by atoms with Gasteiger partial charge in [-0.15, -0.1) is 0 Å². The van der Waals surface area contributed by atoms with E-state index in [1.165, 1.54) is 29.2 Å². The van der Waals surface area contributed by atoms with Crippen LogP contribution in [-0.4, -0.2) is 69.4 Å². The molecule has 0 fully saturated rings. The minimum Gasteiger partial charge on any atom is -0.459 e. The Morgan fingerprint density at radius 1 is 0.939 bits per heavy atom. The SMILES string of the molecule is Cc1ccc(NS(=O)(=O)c2ccc(C(=O)N(CCN(C)C)CC(=O)OC(C)(C)C)cc2)cc1. The predicted octanol–water partition coefficient (Wildman–Crippen LogP) is 3.14. The fourth-order valence-corrected chi connectivity index (χ4v) is 3.96. The maximum absolute atomic E-state index is 13.1. The number of carbonyl (C=O) groups is 2. The minimum atomic E-state index is -3.81. The summed E-state index contributed by atoms with van der Waals surface area (Å²) in [6.45, 7) is 7.89. The number of carbonyl (C=O) groups excluding carboxylic acids is 2. The number of hydrogen-bond acceptors (Lipinski definition) is 6. The van der Waals surface area contributed by atoms with Crippen LogP contribution in [0.1, 0.15) is 36.7 Å². The molecule has 1 N–H and O–H groups in total. The van der Waals surface area contributed by atoms with Crippen LogP contribution in [0.5, 0.6) is 0 Å². The first-order chi connectivity index (χ1) is 15.3. The monoisotopic (exact) mass is 475 g/mol. The number of nitrogens with one attached hydrogen (secondary N) is 1. The molecule has 1 amide bonds. The highest BCUT2D eigenvalue weighted by Crippen LogP contribution is 2.18. The Morgan fingerprint density at radius 3 is 2.03 bits per heavy atom. The summed E-state index contributed by atoms with van der Waals surface area (Å²) in [5.41, 5.74) is 1.10. The smallest absolute Gasteiger partial charge is 0.326 e. The first kappa shape index (κ1) is 26.3. The Labute approximate surface area is 196 Å². The third-order valence-electron chi connectivity index (χ3n) is 4.56. The molecule has 2 aromatic rings. The van der Waals surface area contributed by atoms with Crippen molar-refractivity contribution in [3.8, 4) is 0 Å². The van der Waals surface area contributed by atoms with E-state index >= 15 is 0 Å². The lowest BCUT2D eigenvalue weighted by Gasteiger charge is -2.26. The van der Waals surface area contributed by atoms with E-state index < -0.39 is 21.6 Å². The van der Waals surface area contributed by atoms with E-state index in [-0.39, 0.29) is 22.9 Å². The summed E-state index contributed by atoms with van der Waals surface area (Å²) >= 11 is 0. The zero-order valence-electron chi connectivity index (χ0n) is 20.1. The zero-order chi connectivity index (χ0) is 24.8. The van der Waals surface area contributed by atoms with Crippen molar-refractivity contribution in [1.82, 2.24) is 9.80 Å². The van der Waals surface area contributed by atoms with Gasteiger partial charge < -0.3 is 14.5 Å². The average Bonchev–Trinajstić information content (AvgIpc) is 2.71. The molecule has 0 spiro atoms. The van der Waals surface area contributed by atoms with Gasteiger partial charge in [-0.1, -0.05) is 17.7 Å². The van der Waals surface area contributed by atoms with E-state index in [0.29, 0.717) is 18.8 Å². The summed E-state index contributed by atoms with van der Waals surface area (Å²) in [6.07, 6.45) is 0. The molecule has 0 aromatic heterocycles. The number of ether oxygens (including phenoxy) is 1. The van der Waals surface area contributed by atoms with Crippen LogP contribution in [0.3, 0.4) is 0 Å². The average molecular weight is 476 g/mol. The van der Waals surface area contributed by atoms with Gasteiger partial charge in [-0.2, -0.15) is 0 Å². The number of benzene rings is 2. The second-order valence-corrected chi connectivity index (χ2v) is 10.8. The van der Waals surface area contributed by atoms with Gasteiger partial charge in [0.25, 0.3) is 15.9 Å². The molecule has 9 heteroatoms. The lowest BCUT2D eigenvalue weighted by Crippen LogP contribution is -2.42. The van der Waals surface area contributed by atoms with Crippen molar-refractivity contribution in [3.63, 3.8) is 0 Å². The van der Waals surface area contributed by atoms with Gasteiger partial charge >= 0.3 is 5.97 Å². The van der Waals surface area contributed by atoms with Crippen LogP contribution < -0.4 is 4.72 Å². The van der Waals surface area contributed by atoms with E-state index in [1.54, 1.807) is 32.9 Å². The molecule has 0 aliphatic rings. The second kappa shape index (κ2) is 10.8. The van der Waals surface area contributed by atoms with E-state index in [9.17, 15) is 18.0 Å². The van der Waals surface area contributed by atoms with Gasteiger partial charge in [-0.3, -0.25) is 14.3 Å². The molecule has 180 valence electrons. The van der Waals surface area contributed by atoms with Crippen LogP contribution in [0.2, 0.25) is 0 Å². The summed E-state index contributed by atoms with van der Waals surface area (Å²) in [5, 5.41) is 0. The molecule has 0 aliphatic heterocycles. The number of amides is 1. The number of rotatable bonds is 9. The second-order valence-electron chi connectivity index (χ2n) is 9.11. The summed E-state index contributed by atoms with van der Waals surface area (Å²) in [7, 11) is -0.0616. The summed E-state index contributed by atoms with van der Waals surface area (Å²) in [5.74, 6) is -0.880. The van der Waals surface area contributed by atoms with Crippen LogP contribution in [-0.2, 0) is 19.6 Å². The third kappa shape index (κ3) is 8.51. The molecule has 0 heterocycles. The first-order valence-corrected chi connectivity index (χ1v) is 12.1. The topological polar surface area (TPSA) is 96.0 Å². The van der Waals surface area contributed by atoms with Crippen LogP contribution >= 0.6 is 0 Å². The first-order valence-electron chi connectivity index (χ1n) is 10.6. The summed E-state index contributed by atoms with van der Waals surface area (Å²) in [4.78, 5) is 28.7. The standard InChI is InChI=1S/C24H33N3O5S/c1-18-7-11-20(12-8-18)25-33(30,31)21-13-9-19(10-14-21)23(29)27(16-15-26(5)6)17-22(28)32-24(2,3)4/h7-14,25H,15-17H2,1-6H3. The summed E-state index contributed by atoms with van der Waals surface area (Å²) < 4.78 is 33.2. The quantitative estimate of drug-likeness (QED) is 0.560. The number of esters is 1. The van der Waals surface area contributed by atoms with Crippen molar-refractivity contribution in [1.29, 1.82) is 0 Å². The molecule has 0 aliphatic carbocycles. The molecule has 0 bridgehead atoms. The highest BCUT2D eigenvalue weighted by Gasteiger charge is 2.24. The van der Waals surface area contributed by atoms with Crippen LogP contribution in [0.25, 0.3) is 0 Å². The van der Waals surface area contributed by atoms with Gasteiger partial charge in [-0.25, -0.2) is 8.42 Å². The van der Waals surface area contributed by atoms with Crippen molar-refractivity contribution >= 4 is 27.6 Å². The molecular weight excluding hydrogens is 442 g/mol. The van der Waals surface area contributed by atoms with Gasteiger partial charge in [0.05, 0.1) is 4.90 Å². The van der Waals surface area contributed by atoms with Gasteiger partial charge in [0.1, 0.15) is 12.1 Å². The van der Waals surface area contributed by atoms with Crippen molar-refractivity contribution < 1.29 is 22.7 Å². The molecule has 0 saturated heterocycles. The minimum absolute atomic E-state index is 0.0339. The maximum atomic E-state index is 13.1. The van der Waals surface area contributed by atoms with Crippen molar-refractivity contribution in [2.24, 2.45) is 0 Å². The highest BCUT2D eigenvalue weighted by atomic mass is 32.2. The number of nitrogens with zero attached hydrogens (tertiary/aromatic N) is 2. The van der Waals surface area contributed by atoms with Crippen LogP contribution in [0, 0.1) is 6.92 Å². The lowest BCUT2D eigenvalue weighted by atomic mass is 10.2. The van der Waals surface area contributed by atoms with E-state index in [2.05, 4.69) is 4.72 Å². The van der Waals surface area contributed by atoms with Crippen molar-refractivity contribution in [2.75, 3.05) is 38.5 Å². The van der Waals surface area contributed by atoms with Gasteiger partial charge in [0, 0.05) is 24.3 Å². The molecule has 0 radical (unpaired) electrons. The highest BCUT2D eigenvalue weighted by molar-refractivity contribution is 7.92. The largest absolute Gasteiger partial charge is 0.459 e. The zero-order valence-corrected chi connectivity index (χ0v) is 20.9. The van der Waals surface area contributed by atoms with E-state index in [1.807, 2.05) is 38.1 Å². The van der Waals surface area contributed by atoms with E-state index in [0.717, 1.165) is 5.56 Å². The Hall–Kier alpha value is -2.91. The maximum Gasteiger partial charge on any atom is 0.326 e. The van der Waals surface area contributed by atoms with Gasteiger partial charge in [-0.05, 0) is 78.2 Å². The number of sulfonamides is 1. The van der Waals surface area contributed by atoms with E-state index in [4.69, 9.17) is 4.74 Å². The van der Waals surface area contributed by atoms with Crippen molar-refractivity contribution in [3.05, 3.63) is 59.7 Å². The molecule has 33 heavy (non-hydrogen) atoms. The lowest BCUT2D eigenvalue weighted by molar-refractivity contribution is -0.155. The number of aryl methyl sites for hydroxylation is 1. The molecular formula is C24H33N3O5S. The number of anilines is 1. The normalized spacial score (nSPS) is 11.8. The molecule has 2 rings (SSSR count). The molecule has 0 unspecified atom stereocenters. The molecule has 2 aromatic carbocycles. The third-order valence-corrected chi connectivity index (χ3v) is 5.96.